The van der Waals surface area contributed by atoms with Crippen LogP contribution in [-0.4, -0.2) is 26.2 Å². The third kappa shape index (κ3) is 5.19. The number of nitrogens with zero attached hydrogens (tertiary/aromatic N) is 2. The number of hydrogen-bond donors (Lipinski definition) is 2. The summed E-state index contributed by atoms with van der Waals surface area (Å²) in [6, 6.07) is 8.55. The van der Waals surface area contributed by atoms with Gasteiger partial charge in [-0.05, 0) is 42.0 Å². The number of ether oxygens (including phenoxy) is 1. The Balaban J connectivity index is 2.15. The molecule has 2 aromatic rings. The molecule has 0 saturated carbocycles. The molecular formula is C14H12F2N4O5S. The fourth-order valence-corrected chi connectivity index (χ4v) is 2.38. The van der Waals surface area contributed by atoms with Gasteiger partial charge in [0.1, 0.15) is 11.4 Å². The number of hydrogen-bond acceptors (Lipinski definition) is 7. The van der Waals surface area contributed by atoms with Crippen LogP contribution in [0.1, 0.15) is 5.56 Å². The minimum atomic E-state index is -4.09. The van der Waals surface area contributed by atoms with Gasteiger partial charge >= 0.3 is 6.61 Å². The highest BCUT2D eigenvalue weighted by Gasteiger charge is 2.18. The van der Waals surface area contributed by atoms with Crippen LogP contribution in [0.2, 0.25) is 0 Å². The second kappa shape index (κ2) is 7.84. The van der Waals surface area contributed by atoms with Crippen LogP contribution in [0.15, 0.2) is 52.5 Å². The van der Waals surface area contributed by atoms with E-state index in [9.17, 15) is 27.3 Å². The van der Waals surface area contributed by atoms with Crippen molar-refractivity contribution in [2.45, 2.75) is 11.5 Å². The maximum atomic E-state index is 12.1. The molecule has 2 aromatic carbocycles. The van der Waals surface area contributed by atoms with Crippen molar-refractivity contribution in [3.05, 3.63) is 58.1 Å². The van der Waals surface area contributed by atoms with E-state index in [4.69, 9.17) is 5.14 Å². The molecule has 0 radical (unpaired) electrons. The number of anilines is 1. The summed E-state index contributed by atoms with van der Waals surface area (Å²) in [4.78, 5) is 9.86. The van der Waals surface area contributed by atoms with Gasteiger partial charge < -0.3 is 4.74 Å². The molecule has 3 N–H and O–H groups in total. The maximum absolute atomic E-state index is 12.1. The topological polar surface area (TPSA) is 137 Å². The smallest absolute Gasteiger partial charge is 0.387 e. The molecule has 0 fully saturated rings. The van der Waals surface area contributed by atoms with E-state index in [1.165, 1.54) is 30.5 Å². The summed E-state index contributed by atoms with van der Waals surface area (Å²) in [5.41, 5.74) is 2.32. The van der Waals surface area contributed by atoms with E-state index in [1.54, 1.807) is 0 Å². The fraction of sp³-hybridized carbons (Fsp3) is 0.0714. The van der Waals surface area contributed by atoms with Crippen LogP contribution >= 0.6 is 0 Å². The lowest BCUT2D eigenvalue weighted by molar-refractivity contribution is -0.384. The average molecular weight is 386 g/mol. The second-order valence-electron chi connectivity index (χ2n) is 4.80. The highest BCUT2D eigenvalue weighted by molar-refractivity contribution is 7.89. The average Bonchev–Trinajstić information content (AvgIpc) is 2.55. The standard InChI is InChI=1S/C14H12F2N4O5S/c15-14(16)25-10-3-1-9(2-4-10)8-18-19-12-6-5-11(26(17,23)24)7-13(12)20(21)22/h1-8,14,19H,(H2,17,23,24)/b18-8-. The molecule has 0 aliphatic carbocycles. The Kier molecular flexibility index (Phi) is 5.79. The van der Waals surface area contributed by atoms with Gasteiger partial charge in [0.15, 0.2) is 0 Å². The first kappa shape index (κ1) is 19.2. The largest absolute Gasteiger partial charge is 0.435 e. The molecule has 0 atom stereocenters. The van der Waals surface area contributed by atoms with Crippen molar-refractivity contribution < 1.29 is 26.9 Å². The molecule has 0 unspecified atom stereocenters. The van der Waals surface area contributed by atoms with Crippen molar-refractivity contribution in [2.24, 2.45) is 10.2 Å². The van der Waals surface area contributed by atoms with Crippen molar-refractivity contribution in [3.8, 4) is 5.75 Å². The Morgan fingerprint density at radius 3 is 2.42 bits per heavy atom. The third-order valence-electron chi connectivity index (χ3n) is 3.00. The highest BCUT2D eigenvalue weighted by Crippen LogP contribution is 2.27. The first-order valence-corrected chi connectivity index (χ1v) is 8.36. The number of sulfonamides is 1. The van der Waals surface area contributed by atoms with Crippen molar-refractivity contribution in [2.75, 3.05) is 5.43 Å². The van der Waals surface area contributed by atoms with Gasteiger partial charge in [-0.3, -0.25) is 15.5 Å². The van der Waals surface area contributed by atoms with Gasteiger partial charge in [0.2, 0.25) is 10.0 Å². The van der Waals surface area contributed by atoms with E-state index < -0.39 is 32.1 Å². The number of nitrogens with two attached hydrogens (primary N) is 1. The van der Waals surface area contributed by atoms with E-state index in [1.807, 2.05) is 0 Å². The van der Waals surface area contributed by atoms with Crippen molar-refractivity contribution >= 4 is 27.6 Å². The minimum Gasteiger partial charge on any atom is -0.435 e. The Morgan fingerprint density at radius 2 is 1.88 bits per heavy atom. The summed E-state index contributed by atoms with van der Waals surface area (Å²) in [5, 5.41) is 19.8. The first-order valence-electron chi connectivity index (χ1n) is 6.82. The number of nitro benzene ring substituents is 1. The predicted molar refractivity (Wildman–Crippen MR) is 88.8 cm³/mol. The minimum absolute atomic E-state index is 0.0284. The molecule has 9 nitrogen and oxygen atoms in total. The fourth-order valence-electron chi connectivity index (χ4n) is 1.85. The lowest BCUT2D eigenvalue weighted by Crippen LogP contribution is -2.12. The molecule has 0 aromatic heterocycles. The quantitative estimate of drug-likeness (QED) is 0.425. The summed E-state index contributed by atoms with van der Waals surface area (Å²) in [6.45, 7) is -2.93. The third-order valence-corrected chi connectivity index (χ3v) is 3.91. The van der Waals surface area contributed by atoms with E-state index >= 15 is 0 Å². The second-order valence-corrected chi connectivity index (χ2v) is 6.36. The maximum Gasteiger partial charge on any atom is 0.387 e. The number of alkyl halides is 2. The Morgan fingerprint density at radius 1 is 1.23 bits per heavy atom. The molecule has 12 heteroatoms. The monoisotopic (exact) mass is 386 g/mol. The van der Waals surface area contributed by atoms with Crippen molar-refractivity contribution in [1.82, 2.24) is 0 Å². The SMILES string of the molecule is NS(=O)(=O)c1ccc(N/N=C\c2ccc(OC(F)F)cc2)c([N+](=O)[O-])c1. The zero-order valence-electron chi connectivity index (χ0n) is 12.9. The number of hydrazone groups is 1. The van der Waals surface area contributed by atoms with Crippen LogP contribution in [-0.2, 0) is 10.0 Å². The molecular weight excluding hydrogens is 374 g/mol. The van der Waals surface area contributed by atoms with Crippen LogP contribution in [0, 0.1) is 10.1 Å². The summed E-state index contributed by atoms with van der Waals surface area (Å²) in [7, 11) is -4.09. The first-order chi connectivity index (χ1) is 12.2. The van der Waals surface area contributed by atoms with Crippen LogP contribution in [0.4, 0.5) is 20.2 Å². The van der Waals surface area contributed by atoms with Gasteiger partial charge in [0, 0.05) is 6.07 Å². The molecule has 0 aliphatic rings. The molecule has 0 amide bonds. The molecule has 0 saturated heterocycles. The van der Waals surface area contributed by atoms with Crippen LogP contribution in [0.5, 0.6) is 5.75 Å². The summed E-state index contributed by atoms with van der Waals surface area (Å²) >= 11 is 0. The van der Waals surface area contributed by atoms with Crippen LogP contribution < -0.4 is 15.3 Å². The number of nitro groups is 1. The number of nitrogens with one attached hydrogen (secondary N) is 1. The molecule has 0 bridgehead atoms. The van der Waals surface area contributed by atoms with Gasteiger partial charge in [-0.2, -0.15) is 13.9 Å². The van der Waals surface area contributed by atoms with E-state index in [-0.39, 0.29) is 11.4 Å². The number of benzene rings is 2. The van der Waals surface area contributed by atoms with Crippen molar-refractivity contribution in [1.29, 1.82) is 0 Å². The zero-order valence-corrected chi connectivity index (χ0v) is 13.7. The van der Waals surface area contributed by atoms with Crippen LogP contribution in [0.25, 0.3) is 0 Å². The van der Waals surface area contributed by atoms with E-state index in [0.29, 0.717) is 5.56 Å². The Hall–Kier alpha value is -3.12. The van der Waals surface area contributed by atoms with Gasteiger partial charge in [0.05, 0.1) is 16.0 Å². The number of halogens is 2. The normalized spacial score (nSPS) is 11.7. The van der Waals surface area contributed by atoms with Crippen LogP contribution in [0.3, 0.4) is 0 Å². The van der Waals surface area contributed by atoms with Gasteiger partial charge in [-0.1, -0.05) is 0 Å². The predicted octanol–water partition coefficient (Wildman–Crippen LogP) is 2.29. The molecule has 0 spiro atoms. The summed E-state index contributed by atoms with van der Waals surface area (Å²) in [6.07, 6.45) is 1.28. The molecule has 26 heavy (non-hydrogen) atoms. The molecule has 2 rings (SSSR count). The Labute approximate surface area is 146 Å². The lowest BCUT2D eigenvalue weighted by Gasteiger charge is -2.05. The van der Waals surface area contributed by atoms with Gasteiger partial charge in [0.25, 0.3) is 5.69 Å². The Bertz CT molecular complexity index is 933. The highest BCUT2D eigenvalue weighted by atomic mass is 32.2. The van der Waals surface area contributed by atoms with Gasteiger partial charge in [-0.25, -0.2) is 13.6 Å². The number of primary sulfonamides is 1. The zero-order chi connectivity index (χ0) is 19.3. The van der Waals surface area contributed by atoms with Gasteiger partial charge in [-0.15, -0.1) is 0 Å². The van der Waals surface area contributed by atoms with E-state index in [0.717, 1.165) is 18.2 Å². The number of rotatable bonds is 7. The molecule has 0 heterocycles. The van der Waals surface area contributed by atoms with E-state index in [2.05, 4.69) is 15.3 Å². The van der Waals surface area contributed by atoms with Crippen molar-refractivity contribution in [3.63, 3.8) is 0 Å². The molecule has 0 aliphatic heterocycles. The summed E-state index contributed by atoms with van der Waals surface area (Å²) < 4.78 is 50.8. The summed E-state index contributed by atoms with van der Waals surface area (Å²) in [5.74, 6) is -0.0284. The lowest BCUT2D eigenvalue weighted by atomic mass is 10.2. The molecule has 138 valence electrons.